The molecule has 0 saturated heterocycles. The Labute approximate surface area is 156 Å². The van der Waals surface area contributed by atoms with E-state index in [2.05, 4.69) is 20.8 Å². The Kier molecular flexibility index (Phi) is 4.16. The van der Waals surface area contributed by atoms with Gasteiger partial charge in [-0.25, -0.2) is 4.79 Å². The maximum absolute atomic E-state index is 13.2. The lowest BCUT2D eigenvalue weighted by molar-refractivity contribution is -0.136. The number of ketones is 1. The largest absolute Gasteiger partial charge is 0.508 e. The van der Waals surface area contributed by atoms with Crippen LogP contribution in [0.15, 0.2) is 53.0 Å². The molecule has 3 heterocycles. The molecule has 1 unspecified atom stereocenters. The van der Waals surface area contributed by atoms with Gasteiger partial charge in [-0.2, -0.15) is 4.68 Å². The highest BCUT2D eigenvalue weighted by molar-refractivity contribution is 7.12. The van der Waals surface area contributed by atoms with Crippen LogP contribution in [0, 0.1) is 0 Å². The molecule has 1 aromatic carbocycles. The Bertz CT molecular complexity index is 1040. The van der Waals surface area contributed by atoms with Gasteiger partial charge < -0.3 is 15.2 Å². The number of esters is 1. The maximum atomic E-state index is 13.2. The Hall–Kier alpha value is -3.53. The lowest BCUT2D eigenvalue weighted by Gasteiger charge is -2.27. The molecular formula is C17H13N5O4S. The zero-order valence-electron chi connectivity index (χ0n) is 14.0. The quantitative estimate of drug-likeness (QED) is 0.517. The number of methoxy groups -OCH3 is 1. The molecule has 2 aromatic heterocycles. The summed E-state index contributed by atoms with van der Waals surface area (Å²) in [6, 6.07) is 8.95. The number of rotatable bonds is 4. The minimum Gasteiger partial charge on any atom is -0.508 e. The summed E-state index contributed by atoms with van der Waals surface area (Å²) in [6.45, 7) is 0. The van der Waals surface area contributed by atoms with Gasteiger partial charge in [0.15, 0.2) is 0 Å². The summed E-state index contributed by atoms with van der Waals surface area (Å²) in [4.78, 5) is 26.1. The van der Waals surface area contributed by atoms with Crippen molar-refractivity contribution in [2.24, 2.45) is 0 Å². The number of hydrogen-bond donors (Lipinski definition) is 2. The van der Waals surface area contributed by atoms with E-state index in [1.165, 1.54) is 35.3 Å². The second-order valence-electron chi connectivity index (χ2n) is 5.65. The molecule has 0 amide bonds. The number of fused-ring (bicyclic) bond motifs is 1. The molecule has 0 aliphatic carbocycles. The maximum Gasteiger partial charge on any atom is 0.355 e. The van der Waals surface area contributed by atoms with Crippen LogP contribution in [0.25, 0.3) is 0 Å². The van der Waals surface area contributed by atoms with Crippen LogP contribution in [0.1, 0.15) is 21.3 Å². The Morgan fingerprint density at radius 3 is 2.70 bits per heavy atom. The van der Waals surface area contributed by atoms with E-state index in [0.717, 1.165) is 0 Å². The fourth-order valence-electron chi connectivity index (χ4n) is 2.89. The zero-order valence-corrected chi connectivity index (χ0v) is 14.8. The van der Waals surface area contributed by atoms with E-state index in [1.54, 1.807) is 29.6 Å². The number of tetrazole rings is 1. The van der Waals surface area contributed by atoms with Crippen molar-refractivity contribution in [3.05, 3.63) is 63.5 Å². The number of anilines is 1. The second kappa shape index (κ2) is 6.65. The number of thiophene rings is 1. The predicted molar refractivity (Wildman–Crippen MR) is 95.4 cm³/mol. The van der Waals surface area contributed by atoms with E-state index in [4.69, 9.17) is 4.74 Å². The summed E-state index contributed by atoms with van der Waals surface area (Å²) < 4.78 is 6.27. The molecule has 0 saturated carbocycles. The van der Waals surface area contributed by atoms with Gasteiger partial charge in [0.1, 0.15) is 17.5 Å². The average molecular weight is 383 g/mol. The summed E-state index contributed by atoms with van der Waals surface area (Å²) >= 11 is 1.26. The number of hydrogen-bond acceptors (Lipinski definition) is 9. The van der Waals surface area contributed by atoms with Crippen molar-refractivity contribution in [3.63, 3.8) is 0 Å². The van der Waals surface area contributed by atoms with Crippen LogP contribution in [0.5, 0.6) is 5.75 Å². The standard InChI is InChI=1S/C17H13N5O4S/c1-26-16(25)13-12(15(24)11-3-2-8-27-11)14(9-4-6-10(23)7-5-9)22-17(18-13)19-20-21-22/h2-8,14,23H,1H3,(H,18,19,21). The van der Waals surface area contributed by atoms with Crippen LogP contribution in [0.4, 0.5) is 5.95 Å². The monoisotopic (exact) mass is 383 g/mol. The molecule has 27 heavy (non-hydrogen) atoms. The molecule has 0 spiro atoms. The number of nitrogens with zero attached hydrogens (tertiary/aromatic N) is 4. The highest BCUT2D eigenvalue weighted by Gasteiger charge is 2.38. The van der Waals surface area contributed by atoms with Crippen LogP contribution in [0.2, 0.25) is 0 Å². The van der Waals surface area contributed by atoms with Crippen LogP contribution in [-0.4, -0.2) is 44.2 Å². The van der Waals surface area contributed by atoms with Gasteiger partial charge in [0.25, 0.3) is 0 Å². The summed E-state index contributed by atoms with van der Waals surface area (Å²) in [5, 5.41) is 25.6. The van der Waals surface area contributed by atoms with Gasteiger partial charge >= 0.3 is 5.97 Å². The summed E-state index contributed by atoms with van der Waals surface area (Å²) in [5.74, 6) is -0.755. The Morgan fingerprint density at radius 1 is 1.26 bits per heavy atom. The van der Waals surface area contributed by atoms with Crippen LogP contribution in [0.3, 0.4) is 0 Å². The zero-order chi connectivity index (χ0) is 19.0. The van der Waals surface area contributed by atoms with Crippen molar-refractivity contribution in [2.45, 2.75) is 6.04 Å². The van der Waals surface area contributed by atoms with Crippen molar-refractivity contribution >= 4 is 29.0 Å². The highest BCUT2D eigenvalue weighted by atomic mass is 32.1. The lowest BCUT2D eigenvalue weighted by Crippen LogP contribution is -2.32. The fourth-order valence-corrected chi connectivity index (χ4v) is 3.57. The lowest BCUT2D eigenvalue weighted by atomic mass is 9.91. The molecular weight excluding hydrogens is 370 g/mol. The number of Topliss-reactive ketones (excluding diaryl/α,β-unsaturated/α-hetero) is 1. The van der Waals surface area contributed by atoms with Gasteiger partial charge in [0.2, 0.25) is 11.7 Å². The fraction of sp³-hybridized carbons (Fsp3) is 0.118. The van der Waals surface area contributed by atoms with Crippen molar-refractivity contribution in [3.8, 4) is 5.75 Å². The molecule has 9 nitrogen and oxygen atoms in total. The smallest absolute Gasteiger partial charge is 0.355 e. The Morgan fingerprint density at radius 2 is 2.04 bits per heavy atom. The van der Waals surface area contributed by atoms with Crippen LogP contribution < -0.4 is 5.32 Å². The predicted octanol–water partition coefficient (Wildman–Crippen LogP) is 1.77. The van der Waals surface area contributed by atoms with Gasteiger partial charge in [0.05, 0.1) is 17.6 Å². The first-order valence-electron chi connectivity index (χ1n) is 7.84. The van der Waals surface area contributed by atoms with Crippen molar-refractivity contribution < 1.29 is 19.4 Å². The topological polar surface area (TPSA) is 119 Å². The average Bonchev–Trinajstić information content (AvgIpc) is 3.37. The van der Waals surface area contributed by atoms with E-state index in [-0.39, 0.29) is 28.8 Å². The number of nitrogens with one attached hydrogen (secondary N) is 1. The number of allylic oxidation sites excluding steroid dienone is 1. The van der Waals surface area contributed by atoms with Gasteiger partial charge in [0, 0.05) is 0 Å². The number of benzene rings is 1. The molecule has 1 atom stereocenters. The minimum atomic E-state index is -0.763. The SMILES string of the molecule is COC(=O)C1=C(C(=O)c2cccs2)C(c2ccc(O)cc2)n2nnnc2N1. The molecule has 0 fully saturated rings. The first-order chi connectivity index (χ1) is 13.1. The van der Waals surface area contributed by atoms with Crippen molar-refractivity contribution in [1.82, 2.24) is 20.2 Å². The number of carbonyl (C=O) groups is 2. The minimum absolute atomic E-state index is 0.0173. The molecule has 0 bridgehead atoms. The number of aromatic nitrogens is 4. The number of phenolic OH excluding ortho intramolecular Hbond substituents is 1. The van der Waals surface area contributed by atoms with E-state index in [0.29, 0.717) is 10.4 Å². The molecule has 136 valence electrons. The number of aromatic hydroxyl groups is 1. The highest BCUT2D eigenvalue weighted by Crippen LogP contribution is 2.37. The molecule has 0 radical (unpaired) electrons. The van der Waals surface area contributed by atoms with Crippen molar-refractivity contribution in [2.75, 3.05) is 12.4 Å². The third-order valence-corrected chi connectivity index (χ3v) is 4.97. The number of phenols is 1. The van der Waals surface area contributed by atoms with Gasteiger partial charge in [-0.3, -0.25) is 4.79 Å². The van der Waals surface area contributed by atoms with E-state index in [9.17, 15) is 14.7 Å². The van der Waals surface area contributed by atoms with Gasteiger partial charge in [-0.15, -0.1) is 11.3 Å². The van der Waals surface area contributed by atoms with Crippen molar-refractivity contribution in [1.29, 1.82) is 0 Å². The van der Waals surface area contributed by atoms with Crippen LogP contribution in [-0.2, 0) is 9.53 Å². The number of carbonyl (C=O) groups excluding carboxylic acids is 2. The molecule has 4 rings (SSSR count). The first kappa shape index (κ1) is 16.9. The Balaban J connectivity index is 1.95. The summed E-state index contributed by atoms with van der Waals surface area (Å²) in [7, 11) is 1.23. The summed E-state index contributed by atoms with van der Waals surface area (Å²) in [5.41, 5.74) is 0.773. The normalized spacial score (nSPS) is 15.8. The van der Waals surface area contributed by atoms with Gasteiger partial charge in [-0.05, 0) is 39.6 Å². The molecule has 2 N–H and O–H groups in total. The third-order valence-electron chi connectivity index (χ3n) is 4.10. The second-order valence-corrected chi connectivity index (χ2v) is 6.60. The molecule has 1 aliphatic heterocycles. The van der Waals surface area contributed by atoms with Gasteiger partial charge in [-0.1, -0.05) is 23.3 Å². The summed E-state index contributed by atoms with van der Waals surface area (Å²) in [6.07, 6.45) is 0. The third kappa shape index (κ3) is 2.85. The molecule has 10 heteroatoms. The van der Waals surface area contributed by atoms with E-state index >= 15 is 0 Å². The molecule has 1 aliphatic rings. The molecule has 3 aromatic rings. The van der Waals surface area contributed by atoms with Crippen LogP contribution >= 0.6 is 11.3 Å². The number of ether oxygens (including phenoxy) is 1. The van der Waals surface area contributed by atoms with E-state index in [1.807, 2.05) is 0 Å². The van der Waals surface area contributed by atoms with E-state index < -0.39 is 12.0 Å². The first-order valence-corrected chi connectivity index (χ1v) is 8.72.